The molecule has 0 fully saturated rings. The van der Waals surface area contributed by atoms with Gasteiger partial charge in [-0.15, -0.1) is 11.3 Å². The Hall–Kier alpha value is -8.82. The molecular weight excluding hydrogens is 863 g/mol. The summed E-state index contributed by atoms with van der Waals surface area (Å²) >= 11 is 1.92. The summed E-state index contributed by atoms with van der Waals surface area (Å²) in [6.07, 6.45) is 0. The van der Waals surface area contributed by atoms with Crippen LogP contribution in [0.3, 0.4) is 0 Å². The van der Waals surface area contributed by atoms with E-state index in [4.69, 9.17) is 0 Å². The van der Waals surface area contributed by atoms with Gasteiger partial charge in [-0.1, -0.05) is 206 Å². The number of para-hydroxylation sites is 1. The molecule has 14 aromatic rings. The van der Waals surface area contributed by atoms with Gasteiger partial charge in [0, 0.05) is 47.8 Å². The van der Waals surface area contributed by atoms with Gasteiger partial charge < -0.3 is 4.57 Å². The lowest BCUT2D eigenvalue weighted by Gasteiger charge is -2.19. The van der Waals surface area contributed by atoms with Crippen LogP contribution >= 0.6 is 11.3 Å². The maximum Gasteiger partial charge on any atom is 0.0541 e. The second kappa shape index (κ2) is 16.5. The molecule has 0 radical (unpaired) electrons. The van der Waals surface area contributed by atoms with Crippen molar-refractivity contribution in [2.75, 3.05) is 0 Å². The van der Waals surface area contributed by atoms with Gasteiger partial charge in [0.2, 0.25) is 0 Å². The van der Waals surface area contributed by atoms with Crippen molar-refractivity contribution in [1.82, 2.24) is 4.57 Å². The van der Waals surface area contributed by atoms with Crippen LogP contribution in [-0.2, 0) is 0 Å². The highest BCUT2D eigenvalue weighted by Gasteiger charge is 2.22. The molecule has 2 heterocycles. The minimum atomic E-state index is 1.14. The molecule has 0 unspecified atom stereocenters. The van der Waals surface area contributed by atoms with Gasteiger partial charge in [-0.25, -0.2) is 0 Å². The molecule has 0 amide bonds. The molecule has 326 valence electrons. The average molecular weight is 906 g/mol. The Kier molecular flexibility index (Phi) is 9.46. The number of benzene rings is 12. The molecule has 0 bridgehead atoms. The Morgan fingerprint density at radius 2 is 0.643 bits per heavy atom. The normalized spacial score (nSPS) is 11.7. The number of thiophene rings is 1. The van der Waals surface area contributed by atoms with Crippen LogP contribution in [0.1, 0.15) is 0 Å². The van der Waals surface area contributed by atoms with E-state index >= 15 is 0 Å². The molecule has 0 saturated carbocycles. The lowest BCUT2D eigenvalue weighted by Crippen LogP contribution is -1.96. The smallest absolute Gasteiger partial charge is 0.0541 e. The predicted octanol–water partition coefficient (Wildman–Crippen LogP) is 19.5. The van der Waals surface area contributed by atoms with E-state index in [0.29, 0.717) is 0 Å². The summed E-state index contributed by atoms with van der Waals surface area (Å²) < 4.78 is 5.08. The molecule has 0 N–H and O–H groups in total. The second-order valence-electron chi connectivity index (χ2n) is 18.3. The first kappa shape index (κ1) is 40.3. The topological polar surface area (TPSA) is 4.93 Å². The zero-order valence-corrected chi connectivity index (χ0v) is 39.0. The Morgan fingerprint density at radius 1 is 0.229 bits per heavy atom. The van der Waals surface area contributed by atoms with Gasteiger partial charge in [-0.3, -0.25) is 0 Å². The number of hydrogen-bond donors (Lipinski definition) is 0. The van der Waals surface area contributed by atoms with Crippen LogP contribution in [0.5, 0.6) is 0 Å². The molecule has 0 aliphatic heterocycles. The third kappa shape index (κ3) is 6.53. The van der Waals surface area contributed by atoms with E-state index in [1.165, 1.54) is 130 Å². The van der Waals surface area contributed by atoms with E-state index in [1.807, 2.05) is 11.3 Å². The van der Waals surface area contributed by atoms with E-state index in [0.717, 1.165) is 5.69 Å². The van der Waals surface area contributed by atoms with Crippen LogP contribution in [0.15, 0.2) is 261 Å². The van der Waals surface area contributed by atoms with Crippen molar-refractivity contribution in [3.8, 4) is 72.4 Å². The quantitative estimate of drug-likeness (QED) is 0.140. The monoisotopic (exact) mass is 905 g/mol. The van der Waals surface area contributed by atoms with Crippen molar-refractivity contribution in [3.63, 3.8) is 0 Å². The van der Waals surface area contributed by atoms with Crippen LogP contribution in [0.2, 0.25) is 0 Å². The summed E-state index contributed by atoms with van der Waals surface area (Å²) in [6.45, 7) is 0. The standard InChI is InChI=1S/C68H43NS/c1-6-20-44(21-7-1)50-39-57(46-24-10-3-11-25-46)67-61(41-50)62-42-51(45-22-8-2-9-23-45)40-58(68(62)70-67)49-34-37-64-59(38-49)53-30-18-19-33-63(53)69(64)52-35-36-56-60(43-52)66(48-28-14-5-15-29-48)55-32-17-16-31-54(55)65(56)47-26-12-4-13-27-47/h1-43H. The lowest BCUT2D eigenvalue weighted by molar-refractivity contribution is 1.19. The summed E-state index contributed by atoms with van der Waals surface area (Å²) in [4.78, 5) is 0. The maximum atomic E-state index is 2.48. The van der Waals surface area contributed by atoms with E-state index in [-0.39, 0.29) is 0 Å². The summed E-state index contributed by atoms with van der Waals surface area (Å²) in [5.74, 6) is 0. The van der Waals surface area contributed by atoms with E-state index in [9.17, 15) is 0 Å². The SMILES string of the molecule is c1ccc(-c2cc(-c3ccccc3)c3sc4c(-c5ccc6c(c5)c5ccccc5n6-c5ccc6c(-c7ccccc7)c7ccccc7c(-c7ccccc7)c6c5)cc(-c5ccccc5)cc4c3c2)cc1. The lowest BCUT2D eigenvalue weighted by atomic mass is 9.86. The zero-order valence-electron chi connectivity index (χ0n) is 38.2. The number of hydrogen-bond acceptors (Lipinski definition) is 1. The summed E-state index contributed by atoms with van der Waals surface area (Å²) in [5, 5.41) is 10.0. The molecule has 14 rings (SSSR count). The first-order valence-electron chi connectivity index (χ1n) is 24.1. The fourth-order valence-corrected chi connectivity index (χ4v) is 12.5. The molecular formula is C68H43NS. The largest absolute Gasteiger partial charge is 0.309 e. The number of rotatable bonds is 7. The molecule has 70 heavy (non-hydrogen) atoms. The number of nitrogens with zero attached hydrogens (tertiary/aromatic N) is 1. The molecule has 2 aromatic heterocycles. The first-order chi connectivity index (χ1) is 34.7. The first-order valence-corrected chi connectivity index (χ1v) is 24.9. The fourth-order valence-electron chi connectivity index (χ4n) is 11.2. The van der Waals surface area contributed by atoms with Gasteiger partial charge >= 0.3 is 0 Å². The highest BCUT2D eigenvalue weighted by Crippen LogP contribution is 2.49. The minimum absolute atomic E-state index is 1.14. The molecule has 12 aromatic carbocycles. The van der Waals surface area contributed by atoms with Crippen molar-refractivity contribution in [3.05, 3.63) is 261 Å². The van der Waals surface area contributed by atoms with Crippen molar-refractivity contribution in [1.29, 1.82) is 0 Å². The molecule has 1 nitrogen and oxygen atoms in total. The third-order valence-corrected chi connectivity index (χ3v) is 15.6. The van der Waals surface area contributed by atoms with E-state index < -0.39 is 0 Å². The van der Waals surface area contributed by atoms with Crippen LogP contribution in [0.4, 0.5) is 0 Å². The van der Waals surface area contributed by atoms with Gasteiger partial charge in [-0.2, -0.15) is 0 Å². The number of aromatic nitrogens is 1. The van der Waals surface area contributed by atoms with Gasteiger partial charge in [0.05, 0.1) is 11.0 Å². The highest BCUT2D eigenvalue weighted by atomic mass is 32.1. The fraction of sp³-hybridized carbons (Fsp3) is 0. The summed E-state index contributed by atoms with van der Waals surface area (Å²) in [6, 6.07) is 96.2. The van der Waals surface area contributed by atoms with Crippen LogP contribution in [0.25, 0.3) is 136 Å². The zero-order chi connectivity index (χ0) is 46.1. The van der Waals surface area contributed by atoms with Gasteiger partial charge in [0.25, 0.3) is 0 Å². The van der Waals surface area contributed by atoms with Crippen LogP contribution in [0, 0.1) is 0 Å². The van der Waals surface area contributed by atoms with Crippen molar-refractivity contribution in [2.24, 2.45) is 0 Å². The predicted molar refractivity (Wildman–Crippen MR) is 301 cm³/mol. The summed E-state index contributed by atoms with van der Waals surface area (Å²) in [5.41, 5.74) is 18.3. The molecule has 0 aliphatic rings. The Bertz CT molecular complexity index is 4300. The molecule has 0 saturated heterocycles. The second-order valence-corrected chi connectivity index (χ2v) is 19.4. The third-order valence-electron chi connectivity index (χ3n) is 14.3. The van der Waals surface area contributed by atoms with Crippen LogP contribution in [-0.4, -0.2) is 4.57 Å². The minimum Gasteiger partial charge on any atom is -0.309 e. The summed E-state index contributed by atoms with van der Waals surface area (Å²) in [7, 11) is 0. The van der Waals surface area contributed by atoms with Crippen molar-refractivity contribution < 1.29 is 0 Å². The van der Waals surface area contributed by atoms with Crippen LogP contribution < -0.4 is 0 Å². The van der Waals surface area contributed by atoms with Gasteiger partial charge in [-0.05, 0) is 132 Å². The van der Waals surface area contributed by atoms with Crippen molar-refractivity contribution >= 4 is 74.9 Å². The van der Waals surface area contributed by atoms with Crippen molar-refractivity contribution in [2.45, 2.75) is 0 Å². The van der Waals surface area contributed by atoms with E-state index in [2.05, 4.69) is 265 Å². The molecule has 2 heteroatoms. The molecule has 0 aliphatic carbocycles. The van der Waals surface area contributed by atoms with E-state index in [1.54, 1.807) is 0 Å². The molecule has 0 atom stereocenters. The Balaban J connectivity index is 1.02. The molecule has 0 spiro atoms. The Morgan fingerprint density at radius 3 is 1.20 bits per heavy atom. The maximum absolute atomic E-state index is 2.48. The Labute approximate surface area is 410 Å². The van der Waals surface area contributed by atoms with Gasteiger partial charge in [0.1, 0.15) is 0 Å². The number of fused-ring (bicyclic) bond motifs is 8. The van der Waals surface area contributed by atoms with Gasteiger partial charge in [0.15, 0.2) is 0 Å². The highest BCUT2D eigenvalue weighted by molar-refractivity contribution is 7.27. The average Bonchev–Trinajstić information content (AvgIpc) is 3.98.